The fraction of sp³-hybridized carbons (Fsp3) is 0.533. The summed E-state index contributed by atoms with van der Waals surface area (Å²) < 4.78 is 36.7. The number of carbonyl (C=O) groups excluding carboxylic acids is 1. The van der Waals surface area contributed by atoms with Crippen LogP contribution in [0.3, 0.4) is 0 Å². The second-order valence-corrected chi connectivity index (χ2v) is 6.79. The first-order chi connectivity index (χ1) is 9.98. The first-order valence-corrected chi connectivity index (χ1v) is 8.66. The average molecular weight is 312 g/mol. The average Bonchev–Trinajstić information content (AvgIpc) is 2.47. The van der Waals surface area contributed by atoms with Crippen LogP contribution >= 0.6 is 0 Å². The Kier molecular flexibility index (Phi) is 5.36. The van der Waals surface area contributed by atoms with Crippen molar-refractivity contribution in [1.29, 1.82) is 0 Å². The molecular weight excluding hydrogens is 292 g/mol. The van der Waals surface area contributed by atoms with Crippen molar-refractivity contribution in [2.24, 2.45) is 5.92 Å². The summed E-state index contributed by atoms with van der Waals surface area (Å²) in [6.07, 6.45) is 6.87. The zero-order chi connectivity index (χ0) is 15.3. The predicted molar refractivity (Wildman–Crippen MR) is 77.7 cm³/mol. The maximum absolute atomic E-state index is 12.0. The molecule has 6 heteroatoms. The number of benzene rings is 1. The monoisotopic (exact) mass is 312 g/mol. The summed E-state index contributed by atoms with van der Waals surface area (Å²) >= 11 is 0. The Morgan fingerprint density at radius 2 is 1.86 bits per heavy atom. The van der Waals surface area contributed by atoms with Crippen LogP contribution in [0.1, 0.15) is 48.9 Å². The summed E-state index contributed by atoms with van der Waals surface area (Å²) in [5.74, 6) is -0.123. The molecule has 0 unspecified atom stereocenters. The Labute approximate surface area is 125 Å². The van der Waals surface area contributed by atoms with Crippen molar-refractivity contribution in [3.63, 3.8) is 0 Å². The molecule has 2 rings (SSSR count). The van der Waals surface area contributed by atoms with Crippen molar-refractivity contribution in [2.45, 2.75) is 43.4 Å². The number of hydrogen-bond donors (Lipinski definition) is 1. The minimum Gasteiger partial charge on any atom is -0.462 e. The molecule has 1 saturated carbocycles. The summed E-state index contributed by atoms with van der Waals surface area (Å²) in [6, 6.07) is 5.51. The van der Waals surface area contributed by atoms with Crippen molar-refractivity contribution in [3.8, 4) is 0 Å². The van der Waals surface area contributed by atoms with E-state index in [4.69, 9.17) is 9.29 Å². The molecule has 5 nitrogen and oxygen atoms in total. The van der Waals surface area contributed by atoms with E-state index in [1.54, 1.807) is 0 Å². The van der Waals surface area contributed by atoms with Gasteiger partial charge in [-0.25, -0.2) is 4.79 Å². The molecule has 0 amide bonds. The number of hydrogen-bond acceptors (Lipinski definition) is 4. The SMILES string of the molecule is O=C(OCCC1CCCCC1)c1ccccc1S(=O)(=O)O. The quantitative estimate of drug-likeness (QED) is 0.667. The maximum atomic E-state index is 12.0. The van der Waals surface area contributed by atoms with E-state index in [0.29, 0.717) is 5.92 Å². The van der Waals surface area contributed by atoms with Gasteiger partial charge in [0.1, 0.15) is 4.90 Å². The third-order valence-corrected chi connectivity index (χ3v) is 4.78. The Hall–Kier alpha value is -1.40. The van der Waals surface area contributed by atoms with Crippen LogP contribution < -0.4 is 0 Å². The lowest BCUT2D eigenvalue weighted by molar-refractivity contribution is 0.0470. The van der Waals surface area contributed by atoms with Gasteiger partial charge in [0.05, 0.1) is 12.2 Å². The Bertz CT molecular complexity index is 588. The highest BCUT2D eigenvalue weighted by molar-refractivity contribution is 7.86. The Morgan fingerprint density at radius 3 is 2.52 bits per heavy atom. The number of rotatable bonds is 5. The van der Waals surface area contributed by atoms with Gasteiger partial charge in [0.25, 0.3) is 10.1 Å². The van der Waals surface area contributed by atoms with Gasteiger partial charge < -0.3 is 4.74 Å². The summed E-state index contributed by atoms with van der Waals surface area (Å²) in [7, 11) is -4.42. The van der Waals surface area contributed by atoms with Crippen molar-refractivity contribution < 1.29 is 22.5 Å². The smallest absolute Gasteiger partial charge is 0.339 e. The van der Waals surface area contributed by atoms with Crippen LogP contribution in [0.4, 0.5) is 0 Å². The largest absolute Gasteiger partial charge is 0.462 e. The molecule has 1 aromatic rings. The van der Waals surface area contributed by atoms with Gasteiger partial charge in [-0.2, -0.15) is 8.42 Å². The molecule has 1 fully saturated rings. The molecule has 0 saturated heterocycles. The van der Waals surface area contributed by atoms with Gasteiger partial charge in [0.2, 0.25) is 0 Å². The van der Waals surface area contributed by atoms with Gasteiger partial charge in [-0.05, 0) is 24.5 Å². The minimum atomic E-state index is -4.42. The molecular formula is C15H20O5S. The lowest BCUT2D eigenvalue weighted by Gasteiger charge is -2.21. The highest BCUT2D eigenvalue weighted by Crippen LogP contribution is 2.26. The molecule has 0 aromatic heterocycles. The van der Waals surface area contributed by atoms with Crippen LogP contribution in [-0.4, -0.2) is 25.5 Å². The minimum absolute atomic E-state index is 0.122. The van der Waals surface area contributed by atoms with Crippen molar-refractivity contribution in [1.82, 2.24) is 0 Å². The highest BCUT2D eigenvalue weighted by Gasteiger charge is 2.21. The number of carbonyl (C=O) groups is 1. The lowest BCUT2D eigenvalue weighted by Crippen LogP contribution is -2.15. The van der Waals surface area contributed by atoms with Crippen LogP contribution in [0.2, 0.25) is 0 Å². The molecule has 0 aliphatic heterocycles. The molecule has 0 bridgehead atoms. The molecule has 0 spiro atoms. The fourth-order valence-corrected chi connectivity index (χ4v) is 3.41. The molecule has 1 aromatic carbocycles. The molecule has 0 heterocycles. The van der Waals surface area contributed by atoms with E-state index in [-0.39, 0.29) is 12.2 Å². The second kappa shape index (κ2) is 7.04. The number of esters is 1. The molecule has 1 aliphatic rings. The fourth-order valence-electron chi connectivity index (χ4n) is 2.73. The van der Waals surface area contributed by atoms with Gasteiger partial charge in [-0.1, -0.05) is 44.2 Å². The van der Waals surface area contributed by atoms with Crippen LogP contribution in [0.15, 0.2) is 29.2 Å². The summed E-state index contributed by atoms with van der Waals surface area (Å²) in [4.78, 5) is 11.5. The van der Waals surface area contributed by atoms with Crippen LogP contribution in [0.5, 0.6) is 0 Å². The van der Waals surface area contributed by atoms with Gasteiger partial charge >= 0.3 is 5.97 Å². The van der Waals surface area contributed by atoms with E-state index in [0.717, 1.165) is 6.42 Å². The van der Waals surface area contributed by atoms with Gasteiger partial charge in [0, 0.05) is 0 Å². The standard InChI is InChI=1S/C15H20O5S/c16-15(20-11-10-12-6-2-1-3-7-12)13-8-4-5-9-14(13)21(17,18)19/h4-5,8-9,12H,1-3,6-7,10-11H2,(H,17,18,19). The van der Waals surface area contributed by atoms with E-state index in [2.05, 4.69) is 0 Å². The van der Waals surface area contributed by atoms with E-state index in [9.17, 15) is 13.2 Å². The third-order valence-electron chi connectivity index (χ3n) is 3.87. The van der Waals surface area contributed by atoms with Crippen LogP contribution in [-0.2, 0) is 14.9 Å². The highest BCUT2D eigenvalue weighted by atomic mass is 32.2. The number of ether oxygens (including phenoxy) is 1. The second-order valence-electron chi connectivity index (χ2n) is 5.40. The van der Waals surface area contributed by atoms with Crippen molar-refractivity contribution in [3.05, 3.63) is 29.8 Å². The first-order valence-electron chi connectivity index (χ1n) is 7.22. The molecule has 0 radical (unpaired) electrons. The summed E-state index contributed by atoms with van der Waals surface area (Å²) in [5, 5.41) is 0. The van der Waals surface area contributed by atoms with Crippen LogP contribution in [0.25, 0.3) is 0 Å². The van der Waals surface area contributed by atoms with Gasteiger partial charge in [-0.3, -0.25) is 4.55 Å². The van der Waals surface area contributed by atoms with Crippen LogP contribution in [0, 0.1) is 5.92 Å². The van der Waals surface area contributed by atoms with E-state index < -0.39 is 21.0 Å². The van der Waals surface area contributed by atoms with E-state index in [1.807, 2.05) is 0 Å². The van der Waals surface area contributed by atoms with Crippen molar-refractivity contribution in [2.75, 3.05) is 6.61 Å². The third kappa shape index (κ3) is 4.54. The first kappa shape index (κ1) is 16.0. The lowest BCUT2D eigenvalue weighted by atomic mass is 9.87. The van der Waals surface area contributed by atoms with Gasteiger partial charge in [-0.15, -0.1) is 0 Å². The molecule has 1 aliphatic carbocycles. The Balaban J connectivity index is 1.94. The zero-order valence-corrected chi connectivity index (χ0v) is 12.6. The Morgan fingerprint density at radius 1 is 1.19 bits per heavy atom. The predicted octanol–water partition coefficient (Wildman–Crippen LogP) is 3.06. The zero-order valence-electron chi connectivity index (χ0n) is 11.8. The molecule has 0 atom stereocenters. The van der Waals surface area contributed by atoms with Gasteiger partial charge in [0.15, 0.2) is 0 Å². The molecule has 116 valence electrons. The summed E-state index contributed by atoms with van der Waals surface area (Å²) in [5.41, 5.74) is -0.122. The molecule has 21 heavy (non-hydrogen) atoms. The van der Waals surface area contributed by atoms with E-state index >= 15 is 0 Å². The normalized spacial score (nSPS) is 16.6. The van der Waals surface area contributed by atoms with E-state index in [1.165, 1.54) is 56.4 Å². The van der Waals surface area contributed by atoms with Crippen molar-refractivity contribution >= 4 is 16.1 Å². The topological polar surface area (TPSA) is 80.7 Å². The summed E-state index contributed by atoms with van der Waals surface area (Å²) in [6.45, 7) is 0.281. The molecule has 1 N–H and O–H groups in total. The maximum Gasteiger partial charge on any atom is 0.339 e.